The van der Waals surface area contributed by atoms with E-state index in [9.17, 15) is 44.3 Å². The number of amides is 1. The smallest absolute Gasteiger partial charge is 0.416 e. The van der Waals surface area contributed by atoms with Crippen LogP contribution in [0.15, 0.2) is 65.6 Å². The lowest BCUT2D eigenvalue weighted by Crippen LogP contribution is -2.49. The van der Waals surface area contributed by atoms with Gasteiger partial charge in [0, 0.05) is 12.6 Å². The van der Waals surface area contributed by atoms with Crippen LogP contribution >= 0.6 is 0 Å². The maximum atomic E-state index is 14.2. The number of aliphatic carboxylic acids is 1. The number of carbonyl (C=O) groups is 2. The van der Waals surface area contributed by atoms with E-state index in [2.05, 4.69) is 4.74 Å². The molecule has 0 saturated heterocycles. The number of rotatable bonds is 8. The average Bonchev–Trinajstić information content (AvgIpc) is 2.86. The fourth-order valence-electron chi connectivity index (χ4n) is 4.03. The number of carbonyl (C=O) groups excluding carboxylic acids is 1. The van der Waals surface area contributed by atoms with Gasteiger partial charge in [0.25, 0.3) is 15.9 Å². The van der Waals surface area contributed by atoms with E-state index in [1.54, 1.807) is 0 Å². The predicted octanol–water partition coefficient (Wildman–Crippen LogP) is 5.20. The highest BCUT2D eigenvalue weighted by Crippen LogP contribution is 2.38. The number of carboxylic acids is 1. The van der Waals surface area contributed by atoms with Gasteiger partial charge in [-0.15, -0.1) is 0 Å². The molecule has 0 fully saturated rings. The van der Waals surface area contributed by atoms with Crippen molar-refractivity contribution in [1.29, 1.82) is 0 Å². The first-order chi connectivity index (χ1) is 18.7. The highest BCUT2D eigenvalue weighted by atomic mass is 32.2. The van der Waals surface area contributed by atoms with Crippen molar-refractivity contribution < 1.29 is 54.2 Å². The summed E-state index contributed by atoms with van der Waals surface area (Å²) in [5, 5.41) is 9.03. The summed E-state index contributed by atoms with van der Waals surface area (Å²) >= 11 is 0. The molecule has 0 unspecified atom stereocenters. The van der Waals surface area contributed by atoms with Crippen LogP contribution in [0.3, 0.4) is 0 Å². The third-order valence-corrected chi connectivity index (χ3v) is 7.60. The van der Waals surface area contributed by atoms with Crippen LogP contribution in [0, 0.1) is 5.82 Å². The molecule has 40 heavy (non-hydrogen) atoms. The lowest BCUT2D eigenvalue weighted by atomic mass is 10.00. The highest BCUT2D eigenvalue weighted by Gasteiger charge is 2.38. The van der Waals surface area contributed by atoms with E-state index < -0.39 is 76.3 Å². The highest BCUT2D eigenvalue weighted by molar-refractivity contribution is 7.92. The van der Waals surface area contributed by atoms with Crippen molar-refractivity contribution in [1.82, 2.24) is 4.90 Å². The number of ether oxygens (including phenoxy) is 1. The lowest BCUT2D eigenvalue weighted by molar-refractivity contribution is -0.138. The Morgan fingerprint density at radius 1 is 1.02 bits per heavy atom. The van der Waals surface area contributed by atoms with Crippen LogP contribution < -0.4 is 9.04 Å². The van der Waals surface area contributed by atoms with Crippen LogP contribution in [0.4, 0.5) is 32.0 Å². The Morgan fingerprint density at radius 3 is 2.40 bits per heavy atom. The van der Waals surface area contributed by atoms with E-state index in [0.29, 0.717) is 22.5 Å². The number of carboxylic acid groups (broad SMARTS) is 1. The fourth-order valence-corrected chi connectivity index (χ4v) is 5.52. The topological polar surface area (TPSA) is 104 Å². The summed E-state index contributed by atoms with van der Waals surface area (Å²) < 4.78 is 112. The first-order valence-corrected chi connectivity index (χ1v) is 12.7. The largest absolute Gasteiger partial charge is 0.481 e. The van der Waals surface area contributed by atoms with Crippen molar-refractivity contribution in [3.8, 4) is 16.9 Å². The van der Waals surface area contributed by atoms with E-state index in [4.69, 9.17) is 5.11 Å². The third kappa shape index (κ3) is 5.98. The lowest BCUT2D eigenvalue weighted by Gasteiger charge is -2.37. The summed E-state index contributed by atoms with van der Waals surface area (Å²) in [6.07, 6.45) is -5.41. The number of sulfonamides is 1. The first kappa shape index (κ1) is 28.7. The van der Waals surface area contributed by atoms with Gasteiger partial charge in [-0.1, -0.05) is 12.1 Å². The second-order valence-corrected chi connectivity index (χ2v) is 10.4. The number of alkyl halides is 5. The SMILES string of the molecule is O=C(O)CCN1CN(S(=O)(=O)c2cccc(C(F)(F)F)c2)c2cc(-c3cc(F)cc(OC(F)F)c3)ccc2C1=O. The third-order valence-electron chi connectivity index (χ3n) is 5.86. The standard InChI is InChI=1S/C25H18F6N2O6S/c26-17-8-15(9-18(12-17)39-24(27)28)14-4-5-20-21(10-14)33(13-32(23(20)36)7-6-22(34)35)40(37,38)19-3-1-2-16(11-19)25(29,30)31/h1-5,8-12,24H,6-7,13H2,(H,34,35). The number of anilines is 1. The van der Waals surface area contributed by atoms with Gasteiger partial charge in [-0.25, -0.2) is 17.1 Å². The van der Waals surface area contributed by atoms with Crippen molar-refractivity contribution in [2.24, 2.45) is 0 Å². The van der Waals surface area contributed by atoms with Crippen LogP contribution in [0.1, 0.15) is 22.3 Å². The van der Waals surface area contributed by atoms with Crippen molar-refractivity contribution in [3.05, 3.63) is 77.6 Å². The molecular formula is C25H18F6N2O6S. The predicted molar refractivity (Wildman–Crippen MR) is 128 cm³/mol. The number of halogens is 6. The van der Waals surface area contributed by atoms with Crippen molar-refractivity contribution in [2.75, 3.05) is 17.5 Å². The zero-order valence-electron chi connectivity index (χ0n) is 20.0. The summed E-state index contributed by atoms with van der Waals surface area (Å²) in [5.41, 5.74) is -1.75. The molecule has 0 spiro atoms. The van der Waals surface area contributed by atoms with E-state index in [1.165, 1.54) is 6.07 Å². The van der Waals surface area contributed by atoms with Gasteiger partial charge in [-0.3, -0.25) is 9.59 Å². The minimum absolute atomic E-state index is 0.0318. The average molecular weight is 588 g/mol. The van der Waals surface area contributed by atoms with Crippen LogP contribution in [0.5, 0.6) is 5.75 Å². The molecule has 1 aliphatic heterocycles. The monoisotopic (exact) mass is 588 g/mol. The number of nitrogens with zero attached hydrogens (tertiary/aromatic N) is 2. The van der Waals surface area contributed by atoms with Gasteiger partial charge in [0.2, 0.25) is 0 Å². The van der Waals surface area contributed by atoms with E-state index in [-0.39, 0.29) is 22.4 Å². The van der Waals surface area contributed by atoms with E-state index in [1.807, 2.05) is 0 Å². The van der Waals surface area contributed by atoms with Gasteiger partial charge >= 0.3 is 18.8 Å². The minimum Gasteiger partial charge on any atom is -0.481 e. The Kier molecular flexibility index (Phi) is 7.70. The molecule has 212 valence electrons. The van der Waals surface area contributed by atoms with Gasteiger partial charge in [-0.05, 0) is 53.6 Å². The Hall–Kier alpha value is -4.27. The molecule has 0 aliphatic carbocycles. The Bertz CT molecular complexity index is 1580. The summed E-state index contributed by atoms with van der Waals surface area (Å²) in [6.45, 7) is -4.42. The van der Waals surface area contributed by atoms with Crippen LogP contribution in [-0.2, 0) is 21.0 Å². The molecule has 15 heteroatoms. The quantitative estimate of drug-likeness (QED) is 0.363. The first-order valence-electron chi connectivity index (χ1n) is 11.3. The molecule has 4 rings (SSSR count). The number of hydrogen-bond acceptors (Lipinski definition) is 5. The molecule has 1 heterocycles. The van der Waals surface area contributed by atoms with Crippen molar-refractivity contribution in [2.45, 2.75) is 24.1 Å². The number of benzene rings is 3. The molecular weight excluding hydrogens is 570 g/mol. The molecule has 1 aliphatic rings. The second-order valence-electron chi connectivity index (χ2n) is 8.52. The van der Waals surface area contributed by atoms with E-state index in [0.717, 1.165) is 41.3 Å². The van der Waals surface area contributed by atoms with Gasteiger partial charge in [0.05, 0.1) is 28.1 Å². The summed E-state index contributed by atoms with van der Waals surface area (Å²) in [4.78, 5) is 24.3. The molecule has 8 nitrogen and oxygen atoms in total. The molecule has 0 aromatic heterocycles. The second kappa shape index (κ2) is 10.7. The minimum atomic E-state index is -4.86. The molecule has 1 amide bonds. The number of fused-ring (bicyclic) bond motifs is 1. The molecule has 1 N–H and O–H groups in total. The summed E-state index contributed by atoms with van der Waals surface area (Å²) in [7, 11) is -4.79. The van der Waals surface area contributed by atoms with Gasteiger partial charge in [0.1, 0.15) is 18.2 Å². The Morgan fingerprint density at radius 2 is 1.75 bits per heavy atom. The molecule has 0 bridgehead atoms. The van der Waals surface area contributed by atoms with Crippen LogP contribution in [0.2, 0.25) is 0 Å². The molecule has 0 radical (unpaired) electrons. The van der Waals surface area contributed by atoms with Gasteiger partial charge in [-0.2, -0.15) is 22.0 Å². The summed E-state index contributed by atoms with van der Waals surface area (Å²) in [5.74, 6) is -3.55. The maximum absolute atomic E-state index is 14.2. The Balaban J connectivity index is 1.86. The zero-order chi connectivity index (χ0) is 29.4. The molecule has 0 saturated carbocycles. The van der Waals surface area contributed by atoms with E-state index >= 15 is 0 Å². The molecule has 3 aromatic carbocycles. The van der Waals surface area contributed by atoms with Crippen LogP contribution in [-0.4, -0.2) is 50.1 Å². The zero-order valence-corrected chi connectivity index (χ0v) is 20.8. The van der Waals surface area contributed by atoms with Gasteiger partial charge in [0.15, 0.2) is 0 Å². The molecule has 0 atom stereocenters. The van der Waals surface area contributed by atoms with Gasteiger partial charge < -0.3 is 14.7 Å². The van der Waals surface area contributed by atoms with Crippen molar-refractivity contribution in [3.63, 3.8) is 0 Å². The fraction of sp³-hybridized carbons (Fsp3) is 0.200. The molecule has 3 aromatic rings. The summed E-state index contributed by atoms with van der Waals surface area (Å²) in [6, 6.07) is 9.15. The normalized spacial score (nSPS) is 13.9. The maximum Gasteiger partial charge on any atom is 0.416 e. The van der Waals surface area contributed by atoms with Crippen molar-refractivity contribution >= 4 is 27.6 Å². The van der Waals surface area contributed by atoms with Crippen LogP contribution in [0.25, 0.3) is 11.1 Å². The number of hydrogen-bond donors (Lipinski definition) is 1. The Labute approximate surface area is 223 Å².